The fraction of sp³-hybridized carbons (Fsp3) is 0.554. The molecular formula is C74H75N5O11. The molecule has 2 aromatic carbocycles. The number of H-pyrrole nitrogens is 2. The molecule has 22 rings (SSSR count). The van der Waals surface area contributed by atoms with E-state index in [9.17, 15) is 35.4 Å². The number of Topliss-reactive ketones (excluding diaryl/α,β-unsaturated/α-hetero) is 1. The monoisotopic (exact) mass is 1210 g/mol. The predicted molar refractivity (Wildman–Crippen MR) is 329 cm³/mol. The van der Waals surface area contributed by atoms with Gasteiger partial charge in [-0.25, -0.2) is 9.97 Å². The number of hydrogen-bond donors (Lipinski definition) is 9. The van der Waals surface area contributed by atoms with E-state index in [0.29, 0.717) is 89.7 Å². The summed E-state index contributed by atoms with van der Waals surface area (Å²) in [5.41, 5.74) is 1.25. The van der Waals surface area contributed by atoms with Gasteiger partial charge >= 0.3 is 0 Å². The number of aromatic nitrogens is 4. The van der Waals surface area contributed by atoms with Gasteiger partial charge in [-0.2, -0.15) is 0 Å². The molecule has 16 nitrogen and oxygen atoms in total. The van der Waals surface area contributed by atoms with Gasteiger partial charge in [-0.1, -0.05) is 55.7 Å². The molecule has 7 fully saturated rings. The number of hydrogen-bond acceptors (Lipinski definition) is 14. The number of nitrogens with one attached hydrogen (secondary N) is 3. The van der Waals surface area contributed by atoms with Crippen LogP contribution in [0.5, 0.6) is 11.5 Å². The summed E-state index contributed by atoms with van der Waals surface area (Å²) in [4.78, 5) is 62.8. The van der Waals surface area contributed by atoms with Crippen molar-refractivity contribution in [1.82, 2.24) is 19.9 Å². The molecule has 6 saturated carbocycles. The van der Waals surface area contributed by atoms with Crippen LogP contribution in [0.1, 0.15) is 218 Å². The lowest BCUT2D eigenvalue weighted by molar-refractivity contribution is -0.366. The normalized spacial score (nSPS) is 39.8. The Hall–Kier alpha value is -6.71. The molecule has 0 unspecified atom stereocenters. The molecular weight excluding hydrogens is 1130 g/mol. The first kappa shape index (κ1) is 53.9. The number of aromatic hydroxyl groups is 1. The smallest absolute Gasteiger partial charge is 0.261 e. The summed E-state index contributed by atoms with van der Waals surface area (Å²) in [5.74, 6) is 3.75. The number of aliphatic hydroxyl groups excluding tert-OH is 5. The Balaban J connectivity index is 0.939. The van der Waals surface area contributed by atoms with Crippen LogP contribution in [-0.4, -0.2) is 116 Å². The van der Waals surface area contributed by atoms with Crippen LogP contribution in [0.3, 0.4) is 0 Å². The molecule has 90 heavy (non-hydrogen) atoms. The molecule has 9 N–H and O–H groups in total. The molecule has 14 atom stereocenters. The average molecular weight is 1210 g/mol. The number of carbonyl (C=O) groups is 3. The summed E-state index contributed by atoms with van der Waals surface area (Å²) in [7, 11) is 0. The van der Waals surface area contributed by atoms with Crippen molar-refractivity contribution in [3.63, 3.8) is 0 Å². The maximum atomic E-state index is 15.6. The van der Waals surface area contributed by atoms with E-state index < -0.39 is 81.1 Å². The van der Waals surface area contributed by atoms with Crippen LogP contribution in [0.4, 0.5) is 5.82 Å². The maximum absolute atomic E-state index is 15.6. The third kappa shape index (κ3) is 5.97. The fourth-order valence-electron chi connectivity index (χ4n) is 24.5. The number of ether oxygens (including phenoxy) is 2. The van der Waals surface area contributed by atoms with Crippen LogP contribution in [0.15, 0.2) is 60.1 Å². The minimum atomic E-state index is -2.53. The molecule has 4 aliphatic heterocycles. The van der Waals surface area contributed by atoms with Crippen molar-refractivity contribution in [2.75, 3.05) is 11.9 Å². The Labute approximate surface area is 520 Å². The second-order valence-electron chi connectivity index (χ2n) is 31.5. The number of ketones is 3. The number of allylic oxidation sites excluding steroid dienone is 1. The Morgan fingerprint density at radius 3 is 2.43 bits per heavy atom. The highest BCUT2D eigenvalue weighted by Gasteiger charge is 2.79. The van der Waals surface area contributed by atoms with Crippen molar-refractivity contribution in [1.29, 1.82) is 0 Å². The van der Waals surface area contributed by atoms with Gasteiger partial charge < -0.3 is 55.4 Å². The van der Waals surface area contributed by atoms with Gasteiger partial charge in [0, 0.05) is 98.8 Å². The van der Waals surface area contributed by atoms with E-state index in [1.54, 1.807) is 37.4 Å². The molecule has 9 spiro atoms. The molecule has 17 aliphatic rings. The number of anilines is 1. The molecule has 3 aromatic heterocycles. The third-order valence-electron chi connectivity index (χ3n) is 27.9. The Morgan fingerprint density at radius 2 is 1.61 bits per heavy atom. The lowest BCUT2D eigenvalue weighted by Crippen LogP contribution is -2.79. The van der Waals surface area contributed by atoms with E-state index in [2.05, 4.69) is 39.3 Å². The molecule has 12 bridgehead atoms. The molecule has 1 saturated heterocycles. The minimum absolute atomic E-state index is 0.00978. The zero-order valence-corrected chi connectivity index (χ0v) is 50.7. The van der Waals surface area contributed by atoms with Gasteiger partial charge in [0.1, 0.15) is 35.3 Å². The van der Waals surface area contributed by atoms with E-state index in [1.165, 1.54) is 6.07 Å². The summed E-state index contributed by atoms with van der Waals surface area (Å²) < 4.78 is 15.3. The molecule has 0 amide bonds. The molecule has 462 valence electrons. The molecule has 5 aromatic rings. The summed E-state index contributed by atoms with van der Waals surface area (Å²) in [5, 5.41) is 85.8. The number of imidazole rings is 1. The SMILES string of the molecule is Cc1cc(O)c2c(c1)C(=O)c1c(c3cc4c(nccc14)NC[C@H](O)[C@@]14CC5(CCCC5)[C@H]5C#CC[C@]67C=Cc8c([nH]c(c8[C@H]51)C1=C[C@@]5(O3)O[C@@]3(C1=C4C[C@@]1(CCC4(CCCC4)C1)[C@H]3O)[C@@H](O)[C@H](O)[C@H]5O)[C@]61c3[nH]cnc3C3(CCC(=O)CC3)C[C@@H]1CCC7)C2=O. The number of rotatable bonds is 0. The van der Waals surface area contributed by atoms with Crippen LogP contribution >= 0.6 is 0 Å². The second kappa shape index (κ2) is 17.1. The number of aryl methyl sites for hydroxylation is 1. The minimum Gasteiger partial charge on any atom is -0.507 e. The lowest BCUT2D eigenvalue weighted by Gasteiger charge is -2.64. The van der Waals surface area contributed by atoms with E-state index in [4.69, 9.17) is 19.4 Å². The molecule has 7 heterocycles. The van der Waals surface area contributed by atoms with Crippen LogP contribution < -0.4 is 10.1 Å². The number of phenolic OH excluding ortho intramolecular Hbond substituents is 1. The first-order chi connectivity index (χ1) is 43.4. The highest BCUT2D eigenvalue weighted by Crippen LogP contribution is 2.80. The summed E-state index contributed by atoms with van der Waals surface area (Å²) in [6.45, 7) is 1.70. The van der Waals surface area contributed by atoms with Crippen molar-refractivity contribution in [3.8, 4) is 23.3 Å². The maximum Gasteiger partial charge on any atom is 0.261 e. The number of benzene rings is 2. The zero-order valence-electron chi connectivity index (χ0n) is 50.7. The van der Waals surface area contributed by atoms with Gasteiger partial charge in [-0.15, -0.1) is 5.92 Å². The number of pyridine rings is 1. The second-order valence-corrected chi connectivity index (χ2v) is 31.5. The van der Waals surface area contributed by atoms with Crippen LogP contribution in [0, 0.1) is 57.7 Å². The van der Waals surface area contributed by atoms with Gasteiger partial charge in [0.25, 0.3) is 5.79 Å². The van der Waals surface area contributed by atoms with E-state index in [1.807, 2.05) is 6.33 Å². The summed E-state index contributed by atoms with van der Waals surface area (Å²) in [6, 6.07) is 6.29. The molecule has 16 heteroatoms. The van der Waals surface area contributed by atoms with Gasteiger partial charge in [-0.05, 0) is 166 Å². The first-order valence-corrected chi connectivity index (χ1v) is 33.8. The summed E-state index contributed by atoms with van der Waals surface area (Å²) >= 11 is 0. The predicted octanol–water partition coefficient (Wildman–Crippen LogP) is 9.63. The van der Waals surface area contributed by atoms with E-state index >= 15 is 9.59 Å². The standard InChI is InChI=1S/C74H75N5O11/c1-36-26-42-49(46(81)27-36)57(84)52-47-28-41-39(50(52)56(42)83)13-25-75-64(41)76-32-48(82)71-34-68(16-4-5-17-68)44-9-7-19-70-18-6-8-37-29-67(20-10-38(80)11-21-67)60-61(78-35-77-60)73(37,70)59-40(12-22-70)51(54(44)71)55(79-59)43-30-72(89-47)62(86)58(85)63(87)74(90-72)53(43)45(71)31-69(65(74)88)24-23-66(33-69)14-2-3-15-66/h12-13,22,25-28,30,35,37,44,48,54,58,62-63,65,79,81-82,85-88H,2-6,8,10-11,14-21,23-24,29,31-34H2,1H3,(H,75,76)(H,77,78)/t37-,44-,48-,54-,58+,62+,63-,65+,69+,70+,71-,72+,73+,74-/m0/s1. The average Bonchev–Trinajstić information content (AvgIpc) is 1.37. The zero-order chi connectivity index (χ0) is 60.8. The molecule has 0 radical (unpaired) electrons. The largest absolute Gasteiger partial charge is 0.507 e. The fourth-order valence-corrected chi connectivity index (χ4v) is 24.5. The molecule has 13 aliphatic carbocycles. The Kier molecular flexibility index (Phi) is 10.2. The van der Waals surface area contributed by atoms with Crippen molar-refractivity contribution in [2.24, 2.45) is 38.9 Å². The number of aliphatic hydroxyl groups is 5. The van der Waals surface area contributed by atoms with Gasteiger partial charge in [0.05, 0.1) is 52.2 Å². The van der Waals surface area contributed by atoms with Crippen molar-refractivity contribution >= 4 is 45.6 Å². The van der Waals surface area contributed by atoms with E-state index in [0.717, 1.165) is 130 Å². The number of fused-ring (bicyclic) bond motifs is 8. The van der Waals surface area contributed by atoms with Gasteiger partial charge in [-0.3, -0.25) is 14.4 Å². The lowest BCUT2D eigenvalue weighted by atomic mass is 9.40. The quantitative estimate of drug-likeness (QED) is 0.0642. The number of nitrogens with zero attached hydrogens (tertiary/aromatic N) is 2. The Bertz CT molecular complexity index is 4360. The Morgan fingerprint density at radius 1 is 0.800 bits per heavy atom. The highest BCUT2D eigenvalue weighted by molar-refractivity contribution is 6.34. The van der Waals surface area contributed by atoms with Crippen molar-refractivity contribution in [3.05, 3.63) is 122 Å². The van der Waals surface area contributed by atoms with Crippen LogP contribution in [0.2, 0.25) is 0 Å². The summed E-state index contributed by atoms with van der Waals surface area (Å²) in [6.07, 6.45) is 18.6. The van der Waals surface area contributed by atoms with E-state index in [-0.39, 0.29) is 68.4 Å². The highest BCUT2D eigenvalue weighted by atomic mass is 16.7. The van der Waals surface area contributed by atoms with Crippen LogP contribution in [0.25, 0.3) is 22.4 Å². The van der Waals surface area contributed by atoms with Crippen LogP contribution in [-0.2, 0) is 20.4 Å². The van der Waals surface area contributed by atoms with Gasteiger partial charge in [0.2, 0.25) is 5.78 Å². The first-order valence-electron chi connectivity index (χ1n) is 33.8. The number of aromatic amines is 2. The number of carbonyl (C=O) groups excluding carboxylic acids is 3. The van der Waals surface area contributed by atoms with Crippen molar-refractivity contribution < 1.29 is 54.5 Å². The third-order valence-corrected chi connectivity index (χ3v) is 27.9. The number of phenols is 1. The topological polar surface area (TPSA) is 260 Å². The van der Waals surface area contributed by atoms with Crippen molar-refractivity contribution in [2.45, 2.75) is 207 Å². The van der Waals surface area contributed by atoms with Gasteiger partial charge in [0.15, 0.2) is 17.5 Å².